The molecule has 0 radical (unpaired) electrons. The van der Waals surface area contributed by atoms with Gasteiger partial charge in [0.25, 0.3) is 0 Å². The van der Waals surface area contributed by atoms with Crippen LogP contribution in [0.1, 0.15) is 30.1 Å². The van der Waals surface area contributed by atoms with E-state index in [-0.39, 0.29) is 0 Å². The van der Waals surface area contributed by atoms with Gasteiger partial charge < -0.3 is 20.5 Å². The Kier molecular flexibility index (Phi) is 6.67. The molecule has 0 fully saturated rings. The van der Waals surface area contributed by atoms with Crippen LogP contribution in [0.5, 0.6) is 0 Å². The number of carbonyl (C=O) groups is 1. The minimum absolute atomic E-state index is 0.320. The number of hydrogen-bond donors (Lipinski definition) is 2. The van der Waals surface area contributed by atoms with E-state index in [2.05, 4.69) is 10.3 Å². The summed E-state index contributed by atoms with van der Waals surface area (Å²) in [5.74, 6) is 0.0906. The summed E-state index contributed by atoms with van der Waals surface area (Å²) in [6.07, 6.45) is 3.44. The minimum atomic E-state index is -0.426. The Hall–Kier alpha value is -1.82. The van der Waals surface area contributed by atoms with Crippen molar-refractivity contribution in [3.8, 4) is 0 Å². The van der Waals surface area contributed by atoms with Crippen molar-refractivity contribution in [1.29, 1.82) is 0 Å². The summed E-state index contributed by atoms with van der Waals surface area (Å²) in [5, 5.41) is 3.11. The Labute approximate surface area is 113 Å². The third kappa shape index (κ3) is 4.75. The van der Waals surface area contributed by atoms with Gasteiger partial charge in [-0.25, -0.2) is 9.78 Å². The second-order valence-electron chi connectivity index (χ2n) is 3.97. The van der Waals surface area contributed by atoms with Crippen molar-refractivity contribution in [1.82, 2.24) is 4.98 Å². The van der Waals surface area contributed by atoms with E-state index in [0.29, 0.717) is 23.7 Å². The maximum Gasteiger partial charge on any atom is 0.340 e. The molecule has 3 N–H and O–H groups in total. The topological polar surface area (TPSA) is 86.5 Å². The quantitative estimate of drug-likeness (QED) is 0.550. The van der Waals surface area contributed by atoms with Crippen LogP contribution in [0.25, 0.3) is 0 Å². The number of nitrogens with zero attached hydrogens (tertiary/aromatic N) is 1. The van der Waals surface area contributed by atoms with Crippen molar-refractivity contribution in [3.05, 3.63) is 17.8 Å². The molecule has 0 saturated carbocycles. The predicted molar refractivity (Wildman–Crippen MR) is 74.2 cm³/mol. The SMILES string of the molecule is CCOC(=O)c1ccnc(NCCCCOC)c1N. The zero-order valence-electron chi connectivity index (χ0n) is 11.4. The molecule has 1 aromatic heterocycles. The minimum Gasteiger partial charge on any atom is -0.462 e. The summed E-state index contributed by atoms with van der Waals surface area (Å²) >= 11 is 0. The molecule has 0 aliphatic carbocycles. The van der Waals surface area contributed by atoms with Crippen molar-refractivity contribution in [2.75, 3.05) is 37.9 Å². The molecule has 0 bridgehead atoms. The van der Waals surface area contributed by atoms with Gasteiger partial charge in [-0.15, -0.1) is 0 Å². The number of nitrogens with two attached hydrogens (primary N) is 1. The van der Waals surface area contributed by atoms with Crippen molar-refractivity contribution in [2.45, 2.75) is 19.8 Å². The average molecular weight is 267 g/mol. The molecule has 0 unspecified atom stereocenters. The molecule has 1 aromatic rings. The van der Waals surface area contributed by atoms with Crippen LogP contribution in [0.3, 0.4) is 0 Å². The van der Waals surface area contributed by atoms with Gasteiger partial charge in [0.1, 0.15) is 5.82 Å². The second kappa shape index (κ2) is 8.31. The molecular weight excluding hydrogens is 246 g/mol. The number of unbranched alkanes of at least 4 members (excludes halogenated alkanes) is 1. The fraction of sp³-hybridized carbons (Fsp3) is 0.538. The van der Waals surface area contributed by atoms with Crippen LogP contribution < -0.4 is 11.1 Å². The Bertz CT molecular complexity index is 410. The lowest BCUT2D eigenvalue weighted by Gasteiger charge is -2.11. The molecule has 1 rings (SSSR count). The number of nitrogen functional groups attached to an aromatic ring is 1. The van der Waals surface area contributed by atoms with Crippen LogP contribution >= 0.6 is 0 Å². The van der Waals surface area contributed by atoms with E-state index in [4.69, 9.17) is 15.2 Å². The summed E-state index contributed by atoms with van der Waals surface area (Å²) in [6, 6.07) is 1.56. The first-order valence-corrected chi connectivity index (χ1v) is 6.35. The molecule has 106 valence electrons. The van der Waals surface area contributed by atoms with E-state index in [9.17, 15) is 4.79 Å². The number of pyridine rings is 1. The van der Waals surface area contributed by atoms with Crippen LogP contribution in [0.4, 0.5) is 11.5 Å². The summed E-state index contributed by atoms with van der Waals surface area (Å²) in [4.78, 5) is 15.8. The van der Waals surface area contributed by atoms with Gasteiger partial charge in [0, 0.05) is 26.5 Å². The molecule has 1 heterocycles. The molecule has 0 aliphatic rings. The van der Waals surface area contributed by atoms with Crippen LogP contribution in [-0.4, -0.2) is 37.8 Å². The molecule has 0 spiro atoms. The van der Waals surface area contributed by atoms with Gasteiger partial charge >= 0.3 is 5.97 Å². The van der Waals surface area contributed by atoms with E-state index in [0.717, 1.165) is 26.0 Å². The van der Waals surface area contributed by atoms with Gasteiger partial charge in [-0.3, -0.25) is 0 Å². The van der Waals surface area contributed by atoms with Gasteiger partial charge in [-0.2, -0.15) is 0 Å². The normalized spacial score (nSPS) is 10.2. The van der Waals surface area contributed by atoms with Gasteiger partial charge in [0.15, 0.2) is 0 Å². The summed E-state index contributed by atoms with van der Waals surface area (Å²) in [5.41, 5.74) is 6.58. The number of ether oxygens (including phenoxy) is 2. The van der Waals surface area contributed by atoms with Crippen molar-refractivity contribution >= 4 is 17.5 Å². The maximum atomic E-state index is 11.7. The highest BCUT2D eigenvalue weighted by atomic mass is 16.5. The molecular formula is C13H21N3O3. The number of nitrogens with one attached hydrogen (secondary N) is 1. The third-order valence-electron chi connectivity index (χ3n) is 2.55. The molecule has 6 heteroatoms. The van der Waals surface area contributed by atoms with Crippen molar-refractivity contribution in [2.24, 2.45) is 0 Å². The first-order chi connectivity index (χ1) is 9.20. The Morgan fingerprint density at radius 1 is 1.47 bits per heavy atom. The van der Waals surface area contributed by atoms with Crippen molar-refractivity contribution in [3.63, 3.8) is 0 Å². The molecule has 0 aliphatic heterocycles. The van der Waals surface area contributed by atoms with E-state index < -0.39 is 5.97 Å². The largest absolute Gasteiger partial charge is 0.462 e. The van der Waals surface area contributed by atoms with E-state index >= 15 is 0 Å². The lowest BCUT2D eigenvalue weighted by Crippen LogP contribution is -2.12. The van der Waals surface area contributed by atoms with Crippen LogP contribution in [-0.2, 0) is 9.47 Å². The Balaban J connectivity index is 2.59. The van der Waals surface area contributed by atoms with Crippen LogP contribution in [0.15, 0.2) is 12.3 Å². The zero-order chi connectivity index (χ0) is 14.1. The molecule has 0 amide bonds. The van der Waals surface area contributed by atoms with E-state index in [1.54, 1.807) is 26.3 Å². The van der Waals surface area contributed by atoms with Gasteiger partial charge in [-0.1, -0.05) is 0 Å². The lowest BCUT2D eigenvalue weighted by atomic mass is 10.2. The smallest absolute Gasteiger partial charge is 0.340 e. The van der Waals surface area contributed by atoms with Crippen LogP contribution in [0, 0.1) is 0 Å². The maximum absolute atomic E-state index is 11.7. The van der Waals surface area contributed by atoms with Crippen LogP contribution in [0.2, 0.25) is 0 Å². The van der Waals surface area contributed by atoms with Gasteiger partial charge in [0.2, 0.25) is 0 Å². The Morgan fingerprint density at radius 3 is 2.95 bits per heavy atom. The number of anilines is 2. The standard InChI is InChI=1S/C13H21N3O3/c1-3-19-13(17)10-6-8-16-12(11(10)14)15-7-4-5-9-18-2/h6,8H,3-5,7,9,14H2,1-2H3,(H,15,16). The van der Waals surface area contributed by atoms with Gasteiger partial charge in [-0.05, 0) is 25.8 Å². The molecule has 0 saturated heterocycles. The van der Waals surface area contributed by atoms with Crippen molar-refractivity contribution < 1.29 is 14.3 Å². The fourth-order valence-electron chi connectivity index (χ4n) is 1.58. The molecule has 19 heavy (non-hydrogen) atoms. The number of carbonyl (C=O) groups excluding carboxylic acids is 1. The highest BCUT2D eigenvalue weighted by molar-refractivity contribution is 5.97. The molecule has 0 atom stereocenters. The fourth-order valence-corrected chi connectivity index (χ4v) is 1.58. The molecule has 6 nitrogen and oxygen atoms in total. The molecule has 0 aromatic carbocycles. The highest BCUT2D eigenvalue weighted by Gasteiger charge is 2.13. The van der Waals surface area contributed by atoms with Gasteiger partial charge in [0.05, 0.1) is 17.9 Å². The highest BCUT2D eigenvalue weighted by Crippen LogP contribution is 2.20. The zero-order valence-corrected chi connectivity index (χ0v) is 11.4. The first kappa shape index (κ1) is 15.2. The average Bonchev–Trinajstić information content (AvgIpc) is 2.40. The number of methoxy groups -OCH3 is 1. The summed E-state index contributed by atoms with van der Waals surface area (Å²) in [6.45, 7) is 3.53. The third-order valence-corrected chi connectivity index (χ3v) is 2.55. The summed E-state index contributed by atoms with van der Waals surface area (Å²) < 4.78 is 9.90. The van der Waals surface area contributed by atoms with E-state index in [1.165, 1.54) is 0 Å². The Morgan fingerprint density at radius 2 is 2.26 bits per heavy atom. The number of aromatic nitrogens is 1. The number of rotatable bonds is 8. The predicted octanol–water partition coefficient (Wildman–Crippen LogP) is 1.68. The number of esters is 1. The summed E-state index contributed by atoms with van der Waals surface area (Å²) in [7, 11) is 1.68. The number of hydrogen-bond acceptors (Lipinski definition) is 6. The van der Waals surface area contributed by atoms with E-state index in [1.807, 2.05) is 0 Å². The first-order valence-electron chi connectivity index (χ1n) is 6.35. The second-order valence-corrected chi connectivity index (χ2v) is 3.97. The monoisotopic (exact) mass is 267 g/mol. The lowest BCUT2D eigenvalue weighted by molar-refractivity contribution is 0.0527.